The van der Waals surface area contributed by atoms with Crippen molar-refractivity contribution < 1.29 is 19.1 Å². The van der Waals surface area contributed by atoms with E-state index < -0.39 is 24.4 Å². The van der Waals surface area contributed by atoms with Crippen LogP contribution in [0.4, 0.5) is 14.9 Å². The minimum absolute atomic E-state index is 0.0166. The number of aliphatic carboxylic acids is 1. The molecule has 16 heavy (non-hydrogen) atoms. The van der Waals surface area contributed by atoms with Gasteiger partial charge in [-0.2, -0.15) is 0 Å². The van der Waals surface area contributed by atoms with Crippen molar-refractivity contribution in [1.82, 2.24) is 5.32 Å². The standard InChI is InChI=1S/C10H11FN2O3/c1-6-2-3-7(11)8(4-6)13-10(16)12-5-9(14)15/h2-4H,5H2,1H3,(H,14,15)(H2,12,13,16). The van der Waals surface area contributed by atoms with Crippen molar-refractivity contribution in [2.45, 2.75) is 6.92 Å². The Bertz CT molecular complexity index is 421. The van der Waals surface area contributed by atoms with Gasteiger partial charge in [0.1, 0.15) is 12.4 Å². The van der Waals surface area contributed by atoms with Crippen molar-refractivity contribution in [3.05, 3.63) is 29.6 Å². The van der Waals surface area contributed by atoms with Gasteiger partial charge in [0.05, 0.1) is 5.69 Å². The molecule has 3 N–H and O–H groups in total. The van der Waals surface area contributed by atoms with E-state index in [1.165, 1.54) is 12.1 Å². The van der Waals surface area contributed by atoms with Gasteiger partial charge in [-0.3, -0.25) is 4.79 Å². The summed E-state index contributed by atoms with van der Waals surface area (Å²) in [5.74, 6) is -1.74. The molecule has 0 aliphatic carbocycles. The van der Waals surface area contributed by atoms with Crippen molar-refractivity contribution in [1.29, 1.82) is 0 Å². The predicted molar refractivity (Wildman–Crippen MR) is 55.8 cm³/mol. The maximum atomic E-state index is 13.2. The van der Waals surface area contributed by atoms with Gasteiger partial charge in [-0.15, -0.1) is 0 Å². The van der Waals surface area contributed by atoms with Crippen LogP contribution in [0.3, 0.4) is 0 Å². The average molecular weight is 226 g/mol. The highest BCUT2D eigenvalue weighted by Crippen LogP contribution is 2.15. The van der Waals surface area contributed by atoms with Gasteiger partial charge in [0.25, 0.3) is 0 Å². The van der Waals surface area contributed by atoms with Crippen LogP contribution in [0.2, 0.25) is 0 Å². The molecule has 86 valence electrons. The van der Waals surface area contributed by atoms with E-state index in [4.69, 9.17) is 5.11 Å². The Morgan fingerprint density at radius 3 is 2.75 bits per heavy atom. The van der Waals surface area contributed by atoms with Gasteiger partial charge in [0.2, 0.25) is 0 Å². The Labute approximate surface area is 91.3 Å². The number of urea groups is 1. The highest BCUT2D eigenvalue weighted by Gasteiger charge is 2.07. The number of carboxylic acids is 1. The Morgan fingerprint density at radius 1 is 1.44 bits per heavy atom. The van der Waals surface area contributed by atoms with Crippen LogP contribution in [0.15, 0.2) is 18.2 Å². The van der Waals surface area contributed by atoms with Gasteiger partial charge in [-0.05, 0) is 24.6 Å². The number of carbonyl (C=O) groups excluding carboxylic acids is 1. The van der Waals surface area contributed by atoms with Crippen molar-refractivity contribution in [2.75, 3.05) is 11.9 Å². The molecule has 0 aliphatic rings. The number of halogens is 1. The van der Waals surface area contributed by atoms with Crippen molar-refractivity contribution >= 4 is 17.7 Å². The van der Waals surface area contributed by atoms with E-state index in [1.807, 2.05) is 0 Å². The van der Waals surface area contributed by atoms with E-state index in [9.17, 15) is 14.0 Å². The van der Waals surface area contributed by atoms with E-state index in [2.05, 4.69) is 10.6 Å². The Morgan fingerprint density at radius 2 is 2.12 bits per heavy atom. The Hall–Kier alpha value is -2.11. The van der Waals surface area contributed by atoms with Gasteiger partial charge in [0.15, 0.2) is 0 Å². The fourth-order valence-corrected chi connectivity index (χ4v) is 1.06. The van der Waals surface area contributed by atoms with Gasteiger partial charge in [0, 0.05) is 0 Å². The lowest BCUT2D eigenvalue weighted by Crippen LogP contribution is -2.33. The summed E-state index contributed by atoms with van der Waals surface area (Å²) in [5.41, 5.74) is 0.804. The first-order valence-electron chi connectivity index (χ1n) is 4.52. The molecule has 5 nitrogen and oxygen atoms in total. The third-order valence-electron chi connectivity index (χ3n) is 1.77. The molecule has 0 bridgehead atoms. The van der Waals surface area contributed by atoms with Crippen LogP contribution in [0, 0.1) is 12.7 Å². The number of hydrogen-bond donors (Lipinski definition) is 3. The highest BCUT2D eigenvalue weighted by atomic mass is 19.1. The molecule has 0 aromatic heterocycles. The van der Waals surface area contributed by atoms with Crippen molar-refractivity contribution in [3.63, 3.8) is 0 Å². The predicted octanol–water partition coefficient (Wildman–Crippen LogP) is 1.34. The number of benzene rings is 1. The third kappa shape index (κ3) is 3.56. The Balaban J connectivity index is 2.62. The number of hydrogen-bond acceptors (Lipinski definition) is 2. The maximum absolute atomic E-state index is 13.2. The first-order chi connectivity index (χ1) is 7.49. The first-order valence-corrected chi connectivity index (χ1v) is 4.52. The zero-order valence-electron chi connectivity index (χ0n) is 8.58. The number of amides is 2. The summed E-state index contributed by atoms with van der Waals surface area (Å²) in [4.78, 5) is 21.3. The number of aryl methyl sites for hydroxylation is 1. The van der Waals surface area contributed by atoms with Crippen LogP contribution >= 0.6 is 0 Å². The topological polar surface area (TPSA) is 78.4 Å². The largest absolute Gasteiger partial charge is 0.480 e. The second kappa shape index (κ2) is 5.11. The van der Waals surface area contributed by atoms with E-state index in [0.29, 0.717) is 0 Å². The molecule has 2 amide bonds. The van der Waals surface area contributed by atoms with Crippen LogP contribution in [-0.4, -0.2) is 23.7 Å². The molecule has 0 spiro atoms. The Kier molecular flexibility index (Phi) is 3.82. The van der Waals surface area contributed by atoms with Gasteiger partial charge >= 0.3 is 12.0 Å². The van der Waals surface area contributed by atoms with Crippen molar-refractivity contribution in [3.8, 4) is 0 Å². The maximum Gasteiger partial charge on any atom is 0.323 e. The molecule has 0 heterocycles. The second-order valence-corrected chi connectivity index (χ2v) is 3.18. The number of anilines is 1. The van der Waals surface area contributed by atoms with Crippen LogP contribution in [-0.2, 0) is 4.79 Å². The lowest BCUT2D eigenvalue weighted by atomic mass is 10.2. The number of rotatable bonds is 3. The zero-order chi connectivity index (χ0) is 12.1. The molecule has 1 aromatic rings. The summed E-state index contributed by atoms with van der Waals surface area (Å²) in [6, 6.07) is 3.49. The average Bonchev–Trinajstić information content (AvgIpc) is 2.20. The molecule has 0 aliphatic heterocycles. The van der Waals surface area contributed by atoms with Crippen molar-refractivity contribution in [2.24, 2.45) is 0 Å². The van der Waals surface area contributed by atoms with E-state index in [-0.39, 0.29) is 5.69 Å². The minimum atomic E-state index is -1.17. The SMILES string of the molecule is Cc1ccc(F)c(NC(=O)NCC(=O)O)c1. The highest BCUT2D eigenvalue weighted by molar-refractivity contribution is 5.91. The van der Waals surface area contributed by atoms with Gasteiger partial charge < -0.3 is 15.7 Å². The van der Waals surface area contributed by atoms with Crippen LogP contribution < -0.4 is 10.6 Å². The quantitative estimate of drug-likeness (QED) is 0.727. The zero-order valence-corrected chi connectivity index (χ0v) is 8.58. The summed E-state index contributed by atoms with van der Waals surface area (Å²) in [6.07, 6.45) is 0. The molecule has 1 aromatic carbocycles. The summed E-state index contributed by atoms with van der Waals surface area (Å²) >= 11 is 0. The third-order valence-corrected chi connectivity index (χ3v) is 1.77. The fourth-order valence-electron chi connectivity index (χ4n) is 1.06. The molecule has 1 rings (SSSR count). The molecule has 0 atom stereocenters. The molecular formula is C10H11FN2O3. The first kappa shape index (κ1) is 12.0. The number of carbonyl (C=O) groups is 2. The molecular weight excluding hydrogens is 215 g/mol. The van der Waals surface area contributed by atoms with E-state index in [0.717, 1.165) is 5.56 Å². The van der Waals surface area contributed by atoms with Gasteiger partial charge in [-0.25, -0.2) is 9.18 Å². The summed E-state index contributed by atoms with van der Waals surface area (Å²) in [7, 11) is 0. The summed E-state index contributed by atoms with van der Waals surface area (Å²) in [6.45, 7) is 1.24. The fraction of sp³-hybridized carbons (Fsp3) is 0.200. The lowest BCUT2D eigenvalue weighted by molar-refractivity contribution is -0.135. The molecule has 0 unspecified atom stereocenters. The van der Waals surface area contributed by atoms with Gasteiger partial charge in [-0.1, -0.05) is 6.07 Å². The van der Waals surface area contributed by atoms with E-state index in [1.54, 1.807) is 13.0 Å². The van der Waals surface area contributed by atoms with E-state index >= 15 is 0 Å². The molecule has 0 saturated carbocycles. The molecule has 6 heteroatoms. The number of carboxylic acid groups (broad SMARTS) is 1. The monoisotopic (exact) mass is 226 g/mol. The lowest BCUT2D eigenvalue weighted by Gasteiger charge is -2.07. The molecule has 0 fully saturated rings. The van der Waals surface area contributed by atoms with Crippen LogP contribution in [0.1, 0.15) is 5.56 Å². The van der Waals surface area contributed by atoms with Crippen LogP contribution in [0.25, 0.3) is 0 Å². The molecule has 0 radical (unpaired) electrons. The summed E-state index contributed by atoms with van der Waals surface area (Å²) < 4.78 is 13.2. The minimum Gasteiger partial charge on any atom is -0.480 e. The second-order valence-electron chi connectivity index (χ2n) is 3.18. The molecule has 0 saturated heterocycles. The normalized spacial score (nSPS) is 9.62. The smallest absolute Gasteiger partial charge is 0.323 e. The number of nitrogens with one attached hydrogen (secondary N) is 2. The van der Waals surface area contributed by atoms with Crippen LogP contribution in [0.5, 0.6) is 0 Å². The summed E-state index contributed by atoms with van der Waals surface area (Å²) in [5, 5.41) is 12.6.